The Morgan fingerprint density at radius 2 is 1.92 bits per heavy atom. The highest BCUT2D eigenvalue weighted by atomic mass is 19.1. The van der Waals surface area contributed by atoms with Crippen molar-refractivity contribution < 1.29 is 14.3 Å². The number of anilines is 1. The van der Waals surface area contributed by atoms with Gasteiger partial charge < -0.3 is 10.4 Å². The van der Waals surface area contributed by atoms with Crippen LogP contribution >= 0.6 is 0 Å². The molecule has 1 aliphatic rings. The summed E-state index contributed by atoms with van der Waals surface area (Å²) in [6.45, 7) is 3.11. The number of likely N-dealkylation sites (tertiary alicyclic amines) is 1. The number of aliphatic hydroxyl groups is 1. The predicted octanol–water partition coefficient (Wildman–Crippen LogP) is 2.68. The molecule has 1 saturated heterocycles. The Hall–Kier alpha value is -2.31. The van der Waals surface area contributed by atoms with Crippen molar-refractivity contribution in [3.8, 4) is 0 Å². The Labute approximate surface area is 146 Å². The Kier molecular flexibility index (Phi) is 5.73. The molecule has 0 radical (unpaired) electrons. The van der Waals surface area contributed by atoms with Crippen LogP contribution in [-0.2, 0) is 6.54 Å². The molecule has 2 N–H and O–H groups in total. The van der Waals surface area contributed by atoms with Gasteiger partial charge in [-0.25, -0.2) is 4.98 Å². The van der Waals surface area contributed by atoms with Crippen LogP contribution < -0.4 is 5.32 Å². The number of pyridine rings is 1. The zero-order valence-electron chi connectivity index (χ0n) is 14.0. The quantitative estimate of drug-likeness (QED) is 0.819. The van der Waals surface area contributed by atoms with E-state index in [1.54, 1.807) is 12.1 Å². The lowest BCUT2D eigenvalue weighted by atomic mass is 9.97. The van der Waals surface area contributed by atoms with E-state index >= 15 is 0 Å². The molecule has 3 rings (SSSR count). The summed E-state index contributed by atoms with van der Waals surface area (Å²) in [6, 6.07) is 10.2. The average Bonchev–Trinajstić information content (AvgIpc) is 2.65. The van der Waals surface area contributed by atoms with E-state index in [9.17, 15) is 14.3 Å². The van der Waals surface area contributed by atoms with Crippen LogP contribution in [-0.4, -0.2) is 40.6 Å². The molecule has 0 saturated carbocycles. The van der Waals surface area contributed by atoms with Gasteiger partial charge in [0.05, 0.1) is 11.9 Å². The molecule has 0 aliphatic carbocycles. The van der Waals surface area contributed by atoms with E-state index in [4.69, 9.17) is 0 Å². The molecule has 1 fully saturated rings. The van der Waals surface area contributed by atoms with Gasteiger partial charge in [-0.1, -0.05) is 12.1 Å². The van der Waals surface area contributed by atoms with Gasteiger partial charge in [0, 0.05) is 18.7 Å². The van der Waals surface area contributed by atoms with Crippen molar-refractivity contribution in [2.24, 2.45) is 5.92 Å². The third kappa shape index (κ3) is 4.84. The summed E-state index contributed by atoms with van der Waals surface area (Å²) in [4.78, 5) is 18.1. The summed E-state index contributed by atoms with van der Waals surface area (Å²) in [7, 11) is 0. The van der Waals surface area contributed by atoms with Crippen molar-refractivity contribution >= 4 is 11.6 Å². The highest BCUT2D eigenvalue weighted by molar-refractivity contribution is 6.04. The summed E-state index contributed by atoms with van der Waals surface area (Å²) in [5, 5.41) is 11.9. The molecule has 0 spiro atoms. The first-order valence-electron chi connectivity index (χ1n) is 8.49. The van der Waals surface area contributed by atoms with E-state index in [2.05, 4.69) is 15.2 Å². The van der Waals surface area contributed by atoms with E-state index in [-0.39, 0.29) is 12.5 Å². The lowest BCUT2D eigenvalue weighted by molar-refractivity contribution is 0.102. The number of piperidine rings is 1. The minimum Gasteiger partial charge on any atom is -0.396 e. The lowest BCUT2D eigenvalue weighted by Crippen LogP contribution is -2.34. The van der Waals surface area contributed by atoms with Crippen molar-refractivity contribution in [3.05, 3.63) is 59.7 Å². The van der Waals surface area contributed by atoms with Gasteiger partial charge in [0.1, 0.15) is 0 Å². The summed E-state index contributed by atoms with van der Waals surface area (Å²) in [5.74, 6) is -0.391. The van der Waals surface area contributed by atoms with Gasteiger partial charge in [-0.3, -0.25) is 9.69 Å². The largest absolute Gasteiger partial charge is 0.396 e. The van der Waals surface area contributed by atoms with Gasteiger partial charge in [0.2, 0.25) is 5.95 Å². The van der Waals surface area contributed by atoms with Crippen LogP contribution in [0.2, 0.25) is 0 Å². The number of benzene rings is 1. The van der Waals surface area contributed by atoms with E-state index in [1.807, 2.05) is 12.1 Å². The maximum absolute atomic E-state index is 12.8. The van der Waals surface area contributed by atoms with Crippen molar-refractivity contribution in [3.63, 3.8) is 0 Å². The number of nitrogens with one attached hydrogen (secondary N) is 1. The molecule has 25 heavy (non-hydrogen) atoms. The zero-order chi connectivity index (χ0) is 17.6. The van der Waals surface area contributed by atoms with Gasteiger partial charge in [-0.15, -0.1) is 0 Å². The second-order valence-corrected chi connectivity index (χ2v) is 6.42. The van der Waals surface area contributed by atoms with E-state index in [0.29, 0.717) is 17.2 Å². The van der Waals surface area contributed by atoms with Crippen LogP contribution in [0.15, 0.2) is 42.6 Å². The van der Waals surface area contributed by atoms with E-state index < -0.39 is 5.95 Å². The maximum Gasteiger partial charge on any atom is 0.255 e. The number of rotatable bonds is 5. The minimum atomic E-state index is -0.578. The molecule has 5 nitrogen and oxygen atoms in total. The number of aliphatic hydroxyl groups excluding tert-OH is 1. The number of nitrogens with zero attached hydrogens (tertiary/aromatic N) is 2. The summed E-state index contributed by atoms with van der Waals surface area (Å²) in [6.07, 6.45) is 3.35. The smallest absolute Gasteiger partial charge is 0.255 e. The molecular formula is C19H22FN3O2. The fourth-order valence-electron chi connectivity index (χ4n) is 3.00. The lowest BCUT2D eigenvalue weighted by Gasteiger charge is -2.31. The van der Waals surface area contributed by atoms with Crippen molar-refractivity contribution in [1.82, 2.24) is 9.88 Å². The SMILES string of the molecule is O=C(Nc1ccc(F)nc1)c1ccc(CN2CCC(CO)CC2)cc1. The normalized spacial score (nSPS) is 15.9. The predicted molar refractivity (Wildman–Crippen MR) is 93.7 cm³/mol. The number of hydrogen-bond donors (Lipinski definition) is 2. The fourth-order valence-corrected chi connectivity index (χ4v) is 3.00. The average molecular weight is 343 g/mol. The van der Waals surface area contributed by atoms with Crippen LogP contribution in [0.5, 0.6) is 0 Å². The summed E-state index contributed by atoms with van der Waals surface area (Å²) < 4.78 is 12.8. The molecule has 0 unspecified atom stereocenters. The minimum absolute atomic E-state index is 0.247. The summed E-state index contributed by atoms with van der Waals surface area (Å²) >= 11 is 0. The van der Waals surface area contributed by atoms with Gasteiger partial charge >= 0.3 is 0 Å². The molecule has 2 heterocycles. The first-order valence-corrected chi connectivity index (χ1v) is 8.49. The second-order valence-electron chi connectivity index (χ2n) is 6.42. The van der Waals surface area contributed by atoms with Gasteiger partial charge in [0.25, 0.3) is 5.91 Å². The highest BCUT2D eigenvalue weighted by Crippen LogP contribution is 2.19. The molecule has 0 atom stereocenters. The second kappa shape index (κ2) is 8.18. The van der Waals surface area contributed by atoms with Gasteiger partial charge in [-0.2, -0.15) is 4.39 Å². The molecule has 0 bridgehead atoms. The molecule has 2 aromatic rings. The molecule has 132 valence electrons. The highest BCUT2D eigenvalue weighted by Gasteiger charge is 2.18. The molecular weight excluding hydrogens is 321 g/mol. The molecule has 1 aromatic heterocycles. The van der Waals surface area contributed by atoms with Gasteiger partial charge in [0.15, 0.2) is 0 Å². The van der Waals surface area contributed by atoms with Crippen LogP contribution in [0.1, 0.15) is 28.8 Å². The zero-order valence-corrected chi connectivity index (χ0v) is 14.0. The molecule has 1 aliphatic heterocycles. The third-order valence-electron chi connectivity index (χ3n) is 4.57. The van der Waals surface area contributed by atoms with E-state index in [0.717, 1.165) is 38.0 Å². The van der Waals surface area contributed by atoms with Gasteiger partial charge in [-0.05, 0) is 61.7 Å². The van der Waals surface area contributed by atoms with E-state index in [1.165, 1.54) is 18.3 Å². The van der Waals surface area contributed by atoms with Crippen LogP contribution in [0.4, 0.5) is 10.1 Å². The maximum atomic E-state index is 12.8. The Balaban J connectivity index is 1.54. The summed E-state index contributed by atoms with van der Waals surface area (Å²) in [5.41, 5.74) is 2.16. The number of carbonyl (C=O) groups excluding carboxylic acids is 1. The number of carbonyl (C=O) groups is 1. The molecule has 6 heteroatoms. The number of amides is 1. The van der Waals surface area contributed by atoms with Crippen LogP contribution in [0, 0.1) is 11.9 Å². The van der Waals surface area contributed by atoms with Crippen molar-refractivity contribution in [2.75, 3.05) is 25.0 Å². The van der Waals surface area contributed by atoms with Crippen molar-refractivity contribution in [1.29, 1.82) is 0 Å². The topological polar surface area (TPSA) is 65.5 Å². The van der Waals surface area contributed by atoms with Crippen LogP contribution in [0.25, 0.3) is 0 Å². The Bertz CT molecular complexity index is 696. The number of aromatic nitrogens is 1. The molecule has 1 amide bonds. The number of hydrogen-bond acceptors (Lipinski definition) is 4. The third-order valence-corrected chi connectivity index (χ3v) is 4.57. The Morgan fingerprint density at radius 3 is 2.52 bits per heavy atom. The molecule has 1 aromatic carbocycles. The first-order chi connectivity index (χ1) is 12.1. The fraction of sp³-hybridized carbons (Fsp3) is 0.368. The first kappa shape index (κ1) is 17.5. The Morgan fingerprint density at radius 1 is 1.20 bits per heavy atom. The standard InChI is InChI=1S/C19H22FN3O2/c20-18-6-5-17(11-21-18)22-19(25)16-3-1-14(2-4-16)12-23-9-7-15(13-24)8-10-23/h1-6,11,15,24H,7-10,12-13H2,(H,22,25). The monoisotopic (exact) mass is 343 g/mol. The van der Waals surface area contributed by atoms with Crippen molar-refractivity contribution in [2.45, 2.75) is 19.4 Å². The number of halogens is 1. The van der Waals surface area contributed by atoms with Crippen LogP contribution in [0.3, 0.4) is 0 Å².